The predicted octanol–water partition coefficient (Wildman–Crippen LogP) is 2.86. The molecule has 0 aliphatic heterocycles. The van der Waals surface area contributed by atoms with Gasteiger partial charge in [0.05, 0.1) is 6.33 Å². The summed E-state index contributed by atoms with van der Waals surface area (Å²) < 4.78 is 1.25. The van der Waals surface area contributed by atoms with Gasteiger partial charge in [-0.1, -0.05) is 6.07 Å². The summed E-state index contributed by atoms with van der Waals surface area (Å²) in [7, 11) is 0. The minimum absolute atomic E-state index is 0.112. The van der Waals surface area contributed by atoms with Crippen molar-refractivity contribution < 1.29 is 4.79 Å². The van der Waals surface area contributed by atoms with Crippen LogP contribution in [0.1, 0.15) is 5.69 Å². The van der Waals surface area contributed by atoms with Gasteiger partial charge in [0.15, 0.2) is 0 Å². The molecule has 0 radical (unpaired) electrons. The third kappa shape index (κ3) is 5.51. The van der Waals surface area contributed by atoms with E-state index in [1.165, 1.54) is 23.3 Å². The van der Waals surface area contributed by atoms with Crippen molar-refractivity contribution in [2.24, 2.45) is 0 Å². The van der Waals surface area contributed by atoms with E-state index >= 15 is 0 Å². The summed E-state index contributed by atoms with van der Waals surface area (Å²) in [6, 6.07) is 15.8. The second-order valence-corrected chi connectivity index (χ2v) is 6.88. The quantitative estimate of drug-likeness (QED) is 0.410. The van der Waals surface area contributed by atoms with Crippen molar-refractivity contribution in [1.29, 1.82) is 0 Å². The number of anilines is 5. The Balaban J connectivity index is 1.36. The number of carbonyl (C=O) groups excluding carboxylic acids is 1. The molecule has 0 saturated heterocycles. The second-order valence-electron chi connectivity index (χ2n) is 6.88. The lowest BCUT2D eigenvalue weighted by Gasteiger charge is -2.10. The molecule has 32 heavy (non-hydrogen) atoms. The van der Waals surface area contributed by atoms with E-state index in [4.69, 9.17) is 0 Å². The number of amides is 1. The predicted molar refractivity (Wildman–Crippen MR) is 121 cm³/mol. The average molecular weight is 428 g/mol. The molecule has 0 atom stereocenters. The zero-order valence-electron chi connectivity index (χ0n) is 17.2. The van der Waals surface area contributed by atoms with Crippen molar-refractivity contribution in [3.8, 4) is 0 Å². The normalized spacial score (nSPS) is 10.4. The molecular formula is C22H20N8O2. The van der Waals surface area contributed by atoms with Gasteiger partial charge >= 0.3 is 0 Å². The molecular weight excluding hydrogens is 408 g/mol. The average Bonchev–Trinajstić information content (AvgIpc) is 2.78. The molecule has 4 rings (SSSR count). The largest absolute Gasteiger partial charge is 0.340 e. The smallest absolute Gasteiger partial charge is 0.253 e. The van der Waals surface area contributed by atoms with E-state index in [1.54, 1.807) is 31.3 Å². The van der Waals surface area contributed by atoms with Gasteiger partial charge in [-0.25, -0.2) is 19.9 Å². The maximum atomic E-state index is 12.2. The summed E-state index contributed by atoms with van der Waals surface area (Å²) in [4.78, 5) is 40.8. The Kier molecular flexibility index (Phi) is 6.12. The van der Waals surface area contributed by atoms with Crippen LogP contribution in [-0.4, -0.2) is 30.4 Å². The number of pyridine rings is 1. The maximum Gasteiger partial charge on any atom is 0.253 e. The molecule has 10 nitrogen and oxygen atoms in total. The van der Waals surface area contributed by atoms with Crippen LogP contribution >= 0.6 is 0 Å². The summed E-state index contributed by atoms with van der Waals surface area (Å²) in [5.41, 5.74) is 1.73. The number of hydrogen-bond donors (Lipinski definition) is 3. The van der Waals surface area contributed by atoms with Crippen LogP contribution in [0.25, 0.3) is 0 Å². The van der Waals surface area contributed by atoms with Crippen LogP contribution in [-0.2, 0) is 11.3 Å². The maximum absolute atomic E-state index is 12.2. The molecule has 0 unspecified atom stereocenters. The van der Waals surface area contributed by atoms with Gasteiger partial charge < -0.3 is 16.0 Å². The molecule has 160 valence electrons. The molecule has 3 N–H and O–H groups in total. The van der Waals surface area contributed by atoms with E-state index in [0.29, 0.717) is 28.8 Å². The molecule has 0 bridgehead atoms. The number of nitrogens with zero attached hydrogens (tertiary/aromatic N) is 5. The Bertz CT molecular complexity index is 1270. The lowest BCUT2D eigenvalue weighted by Crippen LogP contribution is -2.27. The minimum atomic E-state index is -0.320. The molecule has 0 saturated carbocycles. The van der Waals surface area contributed by atoms with E-state index in [-0.39, 0.29) is 18.0 Å². The monoisotopic (exact) mass is 428 g/mol. The van der Waals surface area contributed by atoms with Gasteiger partial charge in [-0.05, 0) is 43.3 Å². The molecule has 1 aromatic carbocycles. The molecule has 4 aromatic rings. The van der Waals surface area contributed by atoms with Crippen molar-refractivity contribution in [3.05, 3.63) is 89.5 Å². The van der Waals surface area contributed by atoms with Gasteiger partial charge in [0.1, 0.15) is 30.3 Å². The Hall–Kier alpha value is -4.60. The summed E-state index contributed by atoms with van der Waals surface area (Å²) >= 11 is 0. The molecule has 3 aromatic heterocycles. The highest BCUT2D eigenvalue weighted by molar-refractivity contribution is 5.90. The van der Waals surface area contributed by atoms with Crippen molar-refractivity contribution >= 4 is 34.7 Å². The number of benzene rings is 1. The minimum Gasteiger partial charge on any atom is -0.340 e. The standard InChI is InChI=1S/C22H20N8O2/c1-15-10-22(32)30(14-26-15)12-21(31)28-17-7-5-16(6-8-17)27-19-11-20(25-13-24-19)29-18-4-2-3-9-23-18/h2-11,13-14H,12H2,1H3,(H,28,31)(H2,23,24,25,27,29). The van der Waals surface area contributed by atoms with Crippen molar-refractivity contribution in [1.82, 2.24) is 24.5 Å². The molecule has 10 heteroatoms. The van der Waals surface area contributed by atoms with Crippen LogP contribution in [0.4, 0.5) is 28.8 Å². The van der Waals surface area contributed by atoms with Gasteiger partial charge in [0.2, 0.25) is 5.91 Å². The SMILES string of the molecule is Cc1cc(=O)n(CC(=O)Nc2ccc(Nc3cc(Nc4ccccn4)ncn3)cc2)cn1. The number of aryl methyl sites for hydroxylation is 1. The van der Waals surface area contributed by atoms with Gasteiger partial charge in [0.25, 0.3) is 5.56 Å². The number of rotatable bonds is 7. The third-order valence-electron chi connectivity index (χ3n) is 4.36. The number of aromatic nitrogens is 5. The van der Waals surface area contributed by atoms with Gasteiger partial charge in [-0.15, -0.1) is 0 Å². The van der Waals surface area contributed by atoms with Crippen LogP contribution < -0.4 is 21.5 Å². The fourth-order valence-corrected chi connectivity index (χ4v) is 2.84. The first-order valence-electron chi connectivity index (χ1n) is 9.75. The van der Waals surface area contributed by atoms with Crippen molar-refractivity contribution in [2.75, 3.05) is 16.0 Å². The van der Waals surface area contributed by atoms with Gasteiger partial charge in [-0.2, -0.15) is 0 Å². The van der Waals surface area contributed by atoms with Crippen molar-refractivity contribution in [3.63, 3.8) is 0 Å². The van der Waals surface area contributed by atoms with Crippen LogP contribution in [0.15, 0.2) is 78.2 Å². The van der Waals surface area contributed by atoms with E-state index in [1.807, 2.05) is 30.3 Å². The Morgan fingerprint density at radius 1 is 0.875 bits per heavy atom. The highest BCUT2D eigenvalue weighted by Gasteiger charge is 2.06. The van der Waals surface area contributed by atoms with Crippen LogP contribution in [0.2, 0.25) is 0 Å². The van der Waals surface area contributed by atoms with Crippen molar-refractivity contribution in [2.45, 2.75) is 13.5 Å². The Morgan fingerprint density at radius 2 is 1.62 bits per heavy atom. The summed E-state index contributed by atoms with van der Waals surface area (Å²) in [5.74, 6) is 1.56. The molecule has 0 spiro atoms. The lowest BCUT2D eigenvalue weighted by molar-refractivity contribution is -0.116. The zero-order chi connectivity index (χ0) is 22.3. The van der Waals surface area contributed by atoms with Crippen LogP contribution in [0.3, 0.4) is 0 Å². The Labute approximate surface area is 183 Å². The first-order valence-corrected chi connectivity index (χ1v) is 9.75. The van der Waals surface area contributed by atoms with E-state index in [2.05, 4.69) is 35.9 Å². The lowest BCUT2D eigenvalue weighted by atomic mass is 10.2. The summed E-state index contributed by atoms with van der Waals surface area (Å²) in [5, 5.41) is 9.06. The number of hydrogen-bond acceptors (Lipinski definition) is 8. The van der Waals surface area contributed by atoms with Crippen LogP contribution in [0.5, 0.6) is 0 Å². The van der Waals surface area contributed by atoms with Crippen LogP contribution in [0, 0.1) is 6.92 Å². The fourth-order valence-electron chi connectivity index (χ4n) is 2.84. The molecule has 3 heterocycles. The van der Waals surface area contributed by atoms with E-state index in [0.717, 1.165) is 5.69 Å². The highest BCUT2D eigenvalue weighted by Crippen LogP contribution is 2.20. The second kappa shape index (κ2) is 9.47. The van der Waals surface area contributed by atoms with E-state index in [9.17, 15) is 9.59 Å². The third-order valence-corrected chi connectivity index (χ3v) is 4.36. The number of nitrogens with one attached hydrogen (secondary N) is 3. The molecule has 0 fully saturated rings. The summed E-state index contributed by atoms with van der Waals surface area (Å²) in [6.07, 6.45) is 4.51. The topological polar surface area (TPSA) is 127 Å². The highest BCUT2D eigenvalue weighted by atomic mass is 16.2. The number of carbonyl (C=O) groups is 1. The first-order chi connectivity index (χ1) is 15.5. The zero-order valence-corrected chi connectivity index (χ0v) is 17.2. The molecule has 0 aliphatic rings. The molecule has 1 amide bonds. The first kappa shape index (κ1) is 20.7. The Morgan fingerprint density at radius 3 is 2.34 bits per heavy atom. The molecule has 0 aliphatic carbocycles. The van der Waals surface area contributed by atoms with Gasteiger partial charge in [-0.3, -0.25) is 14.2 Å². The summed E-state index contributed by atoms with van der Waals surface area (Å²) in [6.45, 7) is 1.61. The van der Waals surface area contributed by atoms with Gasteiger partial charge in [0, 0.05) is 35.4 Å². The fraction of sp³-hybridized carbons (Fsp3) is 0.0909. The van der Waals surface area contributed by atoms with E-state index < -0.39 is 0 Å².